The number of anilines is 1. The molecular formula is C17H19ClIN3O2. The summed E-state index contributed by atoms with van der Waals surface area (Å²) in [6.45, 7) is 2.08. The second-order valence-electron chi connectivity index (χ2n) is 5.90. The van der Waals surface area contributed by atoms with Gasteiger partial charge in [-0.05, 0) is 47.6 Å². The van der Waals surface area contributed by atoms with Crippen LogP contribution in [0.15, 0.2) is 30.6 Å². The predicted molar refractivity (Wildman–Crippen MR) is 103 cm³/mol. The number of aromatic nitrogens is 2. The molecule has 0 spiro atoms. The smallest absolute Gasteiger partial charge is 0.157 e. The number of carbonyl (C=O) groups excluding carboxylic acids is 1. The number of nitrogens with zero attached hydrogens (tertiary/aromatic N) is 3. The fourth-order valence-electron chi connectivity index (χ4n) is 3.02. The lowest BCUT2D eigenvalue weighted by atomic mass is 9.92. The monoisotopic (exact) mass is 459 g/mol. The number of methoxy groups -OCH3 is 1. The number of piperidine rings is 1. The molecule has 0 radical (unpaired) electrons. The lowest BCUT2D eigenvalue weighted by Gasteiger charge is -2.33. The zero-order chi connectivity index (χ0) is 17.1. The Balaban J connectivity index is 1.58. The van der Waals surface area contributed by atoms with E-state index in [1.54, 1.807) is 18.0 Å². The highest BCUT2D eigenvalue weighted by atomic mass is 127. The number of ether oxygens (including phenoxy) is 1. The quantitative estimate of drug-likeness (QED) is 0.641. The average Bonchev–Trinajstić information content (AvgIpc) is 3.00. The summed E-state index contributed by atoms with van der Waals surface area (Å²) < 4.78 is 8.05. The lowest BCUT2D eigenvalue weighted by molar-refractivity contribution is -0.124. The number of halogens is 2. The molecule has 1 saturated heterocycles. The van der Waals surface area contributed by atoms with Gasteiger partial charge in [0.1, 0.15) is 5.75 Å². The maximum atomic E-state index is 12.4. The van der Waals surface area contributed by atoms with Crippen LogP contribution < -0.4 is 9.64 Å². The molecule has 1 fully saturated rings. The van der Waals surface area contributed by atoms with E-state index >= 15 is 0 Å². The van der Waals surface area contributed by atoms with E-state index in [-0.39, 0.29) is 11.7 Å². The summed E-state index contributed by atoms with van der Waals surface area (Å²) in [5, 5.41) is 4.80. The van der Waals surface area contributed by atoms with Crippen molar-refractivity contribution in [3.63, 3.8) is 0 Å². The molecule has 0 amide bonds. The Morgan fingerprint density at radius 2 is 2.17 bits per heavy atom. The van der Waals surface area contributed by atoms with Crippen molar-refractivity contribution in [1.82, 2.24) is 9.78 Å². The molecule has 128 valence electrons. The summed E-state index contributed by atoms with van der Waals surface area (Å²) in [5.74, 6) is 1.06. The average molecular weight is 460 g/mol. The van der Waals surface area contributed by atoms with E-state index in [0.29, 0.717) is 17.3 Å². The van der Waals surface area contributed by atoms with Crippen molar-refractivity contribution in [3.8, 4) is 5.75 Å². The second-order valence-corrected chi connectivity index (χ2v) is 7.56. The van der Waals surface area contributed by atoms with Crippen LogP contribution in [0, 0.1) is 9.49 Å². The molecule has 0 saturated carbocycles. The molecule has 1 aliphatic heterocycles. The van der Waals surface area contributed by atoms with Gasteiger partial charge >= 0.3 is 0 Å². The molecule has 5 nitrogen and oxygen atoms in total. The molecule has 1 aromatic heterocycles. The molecule has 3 rings (SSSR count). The predicted octanol–water partition coefficient (Wildman–Crippen LogP) is 3.64. The Morgan fingerprint density at radius 3 is 2.79 bits per heavy atom. The normalized spacial score (nSPS) is 15.5. The van der Waals surface area contributed by atoms with Crippen molar-refractivity contribution in [2.24, 2.45) is 5.92 Å². The van der Waals surface area contributed by atoms with Gasteiger partial charge < -0.3 is 9.64 Å². The Bertz CT molecular complexity index is 726. The highest BCUT2D eigenvalue weighted by molar-refractivity contribution is 14.1. The highest BCUT2D eigenvalue weighted by Crippen LogP contribution is 2.31. The first kappa shape index (κ1) is 17.5. The molecule has 24 heavy (non-hydrogen) atoms. The number of hydrogen-bond acceptors (Lipinski definition) is 4. The molecule has 1 aliphatic rings. The Kier molecular flexibility index (Phi) is 5.65. The second kappa shape index (κ2) is 7.74. The Hall–Kier alpha value is -1.28. The van der Waals surface area contributed by atoms with E-state index in [2.05, 4.69) is 32.6 Å². The number of rotatable bonds is 5. The molecule has 2 aromatic rings. The fraction of sp³-hybridized carbons (Fsp3) is 0.412. The summed E-state index contributed by atoms with van der Waals surface area (Å²) in [5.41, 5.74) is 1.09. The molecular weight excluding hydrogens is 441 g/mol. The van der Waals surface area contributed by atoms with E-state index in [1.165, 1.54) is 0 Å². The third-order valence-electron chi connectivity index (χ3n) is 4.37. The standard InChI is InChI=1S/C17H19ClIN3O2/c1-24-17-8-14(2-3-15(17)18)21-6-4-12(5-7-21)16(23)11-22-10-13(19)9-20-22/h2-3,8-10,12H,4-7,11H2,1H3. The number of Topliss-reactive ketones (excluding diaryl/α,β-unsaturated/α-hetero) is 1. The maximum absolute atomic E-state index is 12.4. The van der Waals surface area contributed by atoms with Crippen LogP contribution in [-0.4, -0.2) is 35.8 Å². The van der Waals surface area contributed by atoms with Gasteiger partial charge in [0.15, 0.2) is 5.78 Å². The van der Waals surface area contributed by atoms with Crippen molar-refractivity contribution in [1.29, 1.82) is 0 Å². The SMILES string of the molecule is COc1cc(N2CCC(C(=O)Cn3cc(I)cn3)CC2)ccc1Cl. The molecule has 7 heteroatoms. The minimum atomic E-state index is 0.109. The Morgan fingerprint density at radius 1 is 1.42 bits per heavy atom. The number of benzene rings is 1. The van der Waals surface area contributed by atoms with Crippen molar-refractivity contribution in [3.05, 3.63) is 39.2 Å². The van der Waals surface area contributed by atoms with Gasteiger partial charge in [-0.3, -0.25) is 9.48 Å². The summed E-state index contributed by atoms with van der Waals surface area (Å²) in [4.78, 5) is 14.7. The third-order valence-corrected chi connectivity index (χ3v) is 5.24. The van der Waals surface area contributed by atoms with Crippen LogP contribution >= 0.6 is 34.2 Å². The number of hydrogen-bond donors (Lipinski definition) is 0. The van der Waals surface area contributed by atoms with Crippen molar-refractivity contribution in [2.45, 2.75) is 19.4 Å². The van der Waals surface area contributed by atoms with Crippen LogP contribution in [0.3, 0.4) is 0 Å². The number of carbonyl (C=O) groups is 1. The van der Waals surface area contributed by atoms with Crippen molar-refractivity contribution in [2.75, 3.05) is 25.1 Å². The first-order valence-corrected chi connectivity index (χ1v) is 9.31. The first-order chi connectivity index (χ1) is 11.6. The van der Waals surface area contributed by atoms with Crippen LogP contribution in [0.25, 0.3) is 0 Å². The van der Waals surface area contributed by atoms with E-state index < -0.39 is 0 Å². The van der Waals surface area contributed by atoms with Gasteiger partial charge in [-0.15, -0.1) is 0 Å². The van der Waals surface area contributed by atoms with Gasteiger partial charge in [0.25, 0.3) is 0 Å². The molecule has 0 N–H and O–H groups in total. The lowest BCUT2D eigenvalue weighted by Crippen LogP contribution is -2.37. The fourth-order valence-corrected chi connectivity index (χ4v) is 3.66. The summed E-state index contributed by atoms with van der Waals surface area (Å²) in [7, 11) is 1.62. The maximum Gasteiger partial charge on any atom is 0.157 e. The molecule has 1 aromatic carbocycles. The van der Waals surface area contributed by atoms with Crippen molar-refractivity contribution >= 4 is 45.7 Å². The topological polar surface area (TPSA) is 47.4 Å². The molecule has 0 aliphatic carbocycles. The van der Waals surface area contributed by atoms with Crippen LogP contribution in [0.4, 0.5) is 5.69 Å². The van der Waals surface area contributed by atoms with Crippen LogP contribution in [0.5, 0.6) is 5.75 Å². The van der Waals surface area contributed by atoms with E-state index in [9.17, 15) is 4.79 Å². The largest absolute Gasteiger partial charge is 0.495 e. The van der Waals surface area contributed by atoms with Gasteiger partial charge in [0.2, 0.25) is 0 Å². The van der Waals surface area contributed by atoms with Crippen LogP contribution in [0.2, 0.25) is 5.02 Å². The first-order valence-electron chi connectivity index (χ1n) is 7.86. The van der Waals surface area contributed by atoms with E-state index in [1.807, 2.05) is 24.4 Å². The summed E-state index contributed by atoms with van der Waals surface area (Å²) >= 11 is 8.28. The van der Waals surface area contributed by atoms with Crippen LogP contribution in [-0.2, 0) is 11.3 Å². The van der Waals surface area contributed by atoms with Gasteiger partial charge in [-0.25, -0.2) is 0 Å². The summed E-state index contributed by atoms with van der Waals surface area (Å²) in [6, 6.07) is 5.81. The zero-order valence-electron chi connectivity index (χ0n) is 13.4. The van der Waals surface area contributed by atoms with Gasteiger partial charge in [-0.1, -0.05) is 11.6 Å². The third kappa shape index (κ3) is 4.03. The van der Waals surface area contributed by atoms with Gasteiger partial charge in [0.05, 0.1) is 28.4 Å². The van der Waals surface area contributed by atoms with E-state index in [4.69, 9.17) is 16.3 Å². The molecule has 0 unspecified atom stereocenters. The van der Waals surface area contributed by atoms with Gasteiger partial charge in [0, 0.05) is 37.0 Å². The van der Waals surface area contributed by atoms with Crippen molar-refractivity contribution < 1.29 is 9.53 Å². The molecule has 2 heterocycles. The minimum absolute atomic E-state index is 0.109. The number of ketones is 1. The molecule has 0 atom stereocenters. The van der Waals surface area contributed by atoms with E-state index in [0.717, 1.165) is 35.2 Å². The summed E-state index contributed by atoms with van der Waals surface area (Å²) in [6.07, 6.45) is 5.39. The molecule has 0 bridgehead atoms. The van der Waals surface area contributed by atoms with Crippen LogP contribution in [0.1, 0.15) is 12.8 Å². The Labute approximate surface area is 160 Å². The van der Waals surface area contributed by atoms with Gasteiger partial charge in [-0.2, -0.15) is 5.10 Å². The highest BCUT2D eigenvalue weighted by Gasteiger charge is 2.25. The minimum Gasteiger partial charge on any atom is -0.495 e. The zero-order valence-corrected chi connectivity index (χ0v) is 16.3.